The molecule has 0 N–H and O–H groups in total. The van der Waals surface area contributed by atoms with Gasteiger partial charge in [0, 0.05) is 5.39 Å². The maximum Gasteiger partial charge on any atom is 0.513 e. The van der Waals surface area contributed by atoms with Crippen molar-refractivity contribution in [3.8, 4) is 5.75 Å². The van der Waals surface area contributed by atoms with Gasteiger partial charge in [-0.2, -0.15) is 0 Å². The van der Waals surface area contributed by atoms with Gasteiger partial charge in [0.05, 0.1) is 12.0 Å². The Morgan fingerprint density at radius 1 is 1.09 bits per heavy atom. The number of benzene rings is 3. The third-order valence-electron chi connectivity index (χ3n) is 3.32. The van der Waals surface area contributed by atoms with Crippen molar-refractivity contribution in [1.82, 2.24) is 0 Å². The molecule has 0 spiro atoms. The lowest BCUT2D eigenvalue weighted by atomic mass is 10.0. The third-order valence-corrected chi connectivity index (χ3v) is 3.32. The Labute approximate surface area is 125 Å². The van der Waals surface area contributed by atoms with Gasteiger partial charge < -0.3 is 9.47 Å². The summed E-state index contributed by atoms with van der Waals surface area (Å²) in [6.07, 6.45) is -0.955. The molecule has 0 fully saturated rings. The van der Waals surface area contributed by atoms with Crippen LogP contribution in [0, 0.1) is 11.6 Å². The monoisotopic (exact) mass is 302 g/mol. The van der Waals surface area contributed by atoms with Crippen molar-refractivity contribution in [2.24, 2.45) is 0 Å². The van der Waals surface area contributed by atoms with Crippen LogP contribution < -0.4 is 4.74 Å². The molecule has 0 unspecified atom stereocenters. The average molecular weight is 302 g/mol. The van der Waals surface area contributed by atoms with E-state index in [1.807, 2.05) is 6.07 Å². The smallest absolute Gasteiger partial charge is 0.434 e. The van der Waals surface area contributed by atoms with Crippen molar-refractivity contribution in [3.63, 3.8) is 0 Å². The van der Waals surface area contributed by atoms with Crippen LogP contribution in [-0.4, -0.2) is 12.8 Å². The molecule has 0 amide bonds. The molecule has 3 aromatic rings. The van der Waals surface area contributed by atoms with Gasteiger partial charge in [0.25, 0.3) is 0 Å². The highest BCUT2D eigenvalue weighted by atomic mass is 19.2. The van der Waals surface area contributed by atoms with E-state index in [4.69, 9.17) is 9.47 Å². The van der Waals surface area contributed by atoms with E-state index in [0.717, 1.165) is 11.5 Å². The molecule has 0 saturated carbocycles. The van der Waals surface area contributed by atoms with Crippen LogP contribution in [0.25, 0.3) is 21.5 Å². The quantitative estimate of drug-likeness (QED) is 0.387. The van der Waals surface area contributed by atoms with E-state index < -0.39 is 17.8 Å². The van der Waals surface area contributed by atoms with E-state index in [-0.39, 0.29) is 17.7 Å². The van der Waals surface area contributed by atoms with Crippen LogP contribution in [-0.2, 0) is 4.74 Å². The van der Waals surface area contributed by atoms with E-state index in [2.05, 4.69) is 0 Å². The molecule has 3 aromatic carbocycles. The van der Waals surface area contributed by atoms with Crippen molar-refractivity contribution in [2.45, 2.75) is 6.92 Å². The highest BCUT2D eigenvalue weighted by Crippen LogP contribution is 2.37. The summed E-state index contributed by atoms with van der Waals surface area (Å²) in [4.78, 5) is 11.6. The minimum atomic E-state index is -1.05. The first-order chi connectivity index (χ1) is 10.6. The van der Waals surface area contributed by atoms with Crippen LogP contribution >= 0.6 is 0 Å². The van der Waals surface area contributed by atoms with Crippen molar-refractivity contribution < 1.29 is 23.0 Å². The van der Waals surface area contributed by atoms with E-state index >= 15 is 0 Å². The molecule has 0 heterocycles. The largest absolute Gasteiger partial charge is 0.513 e. The number of rotatable bonds is 2. The summed E-state index contributed by atoms with van der Waals surface area (Å²) in [5.41, 5.74) is 0. The van der Waals surface area contributed by atoms with Crippen molar-refractivity contribution in [1.29, 1.82) is 0 Å². The van der Waals surface area contributed by atoms with Crippen LogP contribution in [0.3, 0.4) is 0 Å². The van der Waals surface area contributed by atoms with E-state index in [1.165, 1.54) is 6.07 Å². The van der Waals surface area contributed by atoms with Crippen LogP contribution in [0.4, 0.5) is 13.6 Å². The molecule has 0 atom stereocenters. The van der Waals surface area contributed by atoms with Crippen molar-refractivity contribution in [2.75, 3.05) is 6.61 Å². The Balaban J connectivity index is 2.35. The first-order valence-electron chi connectivity index (χ1n) is 6.76. The number of hydrogen-bond acceptors (Lipinski definition) is 3. The second-order valence-corrected chi connectivity index (χ2v) is 4.67. The molecular weight excluding hydrogens is 290 g/mol. The minimum absolute atomic E-state index is 0.0384. The van der Waals surface area contributed by atoms with Gasteiger partial charge >= 0.3 is 6.16 Å². The predicted molar refractivity (Wildman–Crippen MR) is 79.0 cm³/mol. The molecule has 112 valence electrons. The first kappa shape index (κ1) is 14.3. The Kier molecular flexibility index (Phi) is 3.63. The second-order valence-electron chi connectivity index (χ2n) is 4.67. The Morgan fingerprint density at radius 2 is 1.86 bits per heavy atom. The maximum absolute atomic E-state index is 14.2. The molecule has 0 radical (unpaired) electrons. The molecule has 3 nitrogen and oxygen atoms in total. The number of carbonyl (C=O) groups is 1. The summed E-state index contributed by atoms with van der Waals surface area (Å²) in [6.45, 7) is 1.75. The highest BCUT2D eigenvalue weighted by Gasteiger charge is 2.18. The highest BCUT2D eigenvalue weighted by molar-refractivity contribution is 6.06. The lowest BCUT2D eigenvalue weighted by Gasteiger charge is -2.12. The van der Waals surface area contributed by atoms with Crippen LogP contribution in [0.15, 0.2) is 42.5 Å². The summed E-state index contributed by atoms with van der Waals surface area (Å²) in [7, 11) is 0. The van der Waals surface area contributed by atoms with Gasteiger partial charge in [-0.3, -0.25) is 0 Å². The summed E-state index contributed by atoms with van der Waals surface area (Å²) in [6, 6.07) is 11.2. The maximum atomic E-state index is 14.2. The lowest BCUT2D eigenvalue weighted by Crippen LogP contribution is -2.11. The van der Waals surface area contributed by atoms with Gasteiger partial charge in [-0.1, -0.05) is 30.3 Å². The number of ether oxygens (including phenoxy) is 2. The van der Waals surface area contributed by atoms with Crippen molar-refractivity contribution in [3.05, 3.63) is 54.1 Å². The summed E-state index contributed by atoms with van der Waals surface area (Å²) in [5, 5.41) is 1.62. The molecule has 0 saturated heterocycles. The average Bonchev–Trinajstić information content (AvgIpc) is 2.51. The topological polar surface area (TPSA) is 35.5 Å². The Hall–Kier alpha value is -2.69. The lowest BCUT2D eigenvalue weighted by molar-refractivity contribution is 0.105. The van der Waals surface area contributed by atoms with Crippen LogP contribution in [0.5, 0.6) is 5.75 Å². The summed E-state index contributed by atoms with van der Waals surface area (Å²) in [5.74, 6) is -2.09. The van der Waals surface area contributed by atoms with Gasteiger partial charge in [0.1, 0.15) is 0 Å². The molecule has 0 aliphatic heterocycles. The zero-order chi connectivity index (χ0) is 15.7. The van der Waals surface area contributed by atoms with Crippen LogP contribution in [0.1, 0.15) is 6.92 Å². The standard InChI is InChI=1S/C17H12F2O3/c1-2-21-17(20)22-16-12-6-4-3-5-10(12)9-11-7-8-13(18)15(19)14(11)16/h3-9H,2H2,1H3. The fraction of sp³-hybridized carbons (Fsp3) is 0.118. The number of fused-ring (bicyclic) bond motifs is 2. The number of halogens is 2. The molecule has 3 rings (SSSR count). The first-order valence-corrected chi connectivity index (χ1v) is 6.76. The molecule has 0 aromatic heterocycles. The number of hydrogen-bond donors (Lipinski definition) is 0. The summed E-state index contributed by atoms with van der Waals surface area (Å²) >= 11 is 0. The van der Waals surface area contributed by atoms with Gasteiger partial charge in [0.15, 0.2) is 17.4 Å². The molecule has 0 aliphatic carbocycles. The normalized spacial score (nSPS) is 10.9. The van der Waals surface area contributed by atoms with Gasteiger partial charge in [0.2, 0.25) is 0 Å². The molecule has 0 bridgehead atoms. The second kappa shape index (κ2) is 5.60. The van der Waals surface area contributed by atoms with E-state index in [0.29, 0.717) is 10.8 Å². The van der Waals surface area contributed by atoms with E-state index in [9.17, 15) is 13.6 Å². The zero-order valence-corrected chi connectivity index (χ0v) is 11.7. The summed E-state index contributed by atoms with van der Waals surface area (Å²) < 4.78 is 37.7. The van der Waals surface area contributed by atoms with Gasteiger partial charge in [-0.15, -0.1) is 0 Å². The molecule has 22 heavy (non-hydrogen) atoms. The molecule has 0 aliphatic rings. The fourth-order valence-corrected chi connectivity index (χ4v) is 2.39. The fourth-order valence-electron chi connectivity index (χ4n) is 2.39. The van der Waals surface area contributed by atoms with Crippen molar-refractivity contribution >= 4 is 27.7 Å². The minimum Gasteiger partial charge on any atom is -0.434 e. The van der Waals surface area contributed by atoms with E-state index in [1.54, 1.807) is 31.2 Å². The zero-order valence-electron chi connectivity index (χ0n) is 11.7. The Bertz CT molecular complexity index is 875. The van der Waals surface area contributed by atoms with Gasteiger partial charge in [-0.25, -0.2) is 13.6 Å². The van der Waals surface area contributed by atoms with Gasteiger partial charge in [-0.05, 0) is 29.8 Å². The molecular formula is C17H12F2O3. The number of carbonyl (C=O) groups excluding carboxylic acids is 1. The molecule has 5 heteroatoms. The van der Waals surface area contributed by atoms with Crippen LogP contribution in [0.2, 0.25) is 0 Å². The Morgan fingerprint density at radius 3 is 2.64 bits per heavy atom. The third kappa shape index (κ3) is 2.35. The SMILES string of the molecule is CCOC(=O)Oc1c2ccccc2cc2ccc(F)c(F)c12. The predicted octanol–water partition coefficient (Wildman–Crippen LogP) is 4.81.